The van der Waals surface area contributed by atoms with Crippen molar-refractivity contribution < 1.29 is 9.59 Å². The Kier molecular flexibility index (Phi) is 6.12. The Balaban J connectivity index is 2.15. The Hall–Kier alpha value is -3.59. The lowest BCUT2D eigenvalue weighted by Crippen LogP contribution is -2.16. The molecule has 0 spiro atoms. The molecule has 0 aliphatic carbocycles. The van der Waals surface area contributed by atoms with Gasteiger partial charge in [-0.1, -0.05) is 25.1 Å². The van der Waals surface area contributed by atoms with Crippen molar-refractivity contribution in [1.82, 2.24) is 0 Å². The van der Waals surface area contributed by atoms with Crippen LogP contribution in [0.4, 0.5) is 11.4 Å². The molecule has 0 saturated heterocycles. The number of para-hydroxylation sites is 1. The van der Waals surface area contributed by atoms with Crippen molar-refractivity contribution in [2.75, 3.05) is 10.6 Å². The lowest BCUT2D eigenvalue weighted by Gasteiger charge is -2.12. The fraction of sp³-hybridized carbons (Fsp3) is 0.150. The second kappa shape index (κ2) is 8.49. The van der Waals surface area contributed by atoms with Crippen molar-refractivity contribution in [3.05, 3.63) is 70.9 Å². The van der Waals surface area contributed by atoms with Crippen molar-refractivity contribution in [1.29, 1.82) is 5.26 Å². The molecule has 0 aliphatic heterocycles. The summed E-state index contributed by atoms with van der Waals surface area (Å²) < 4.78 is 0. The molecule has 0 radical (unpaired) electrons. The maximum Gasteiger partial charge on any atom is 0.267 e. The van der Waals surface area contributed by atoms with Crippen LogP contribution in [-0.4, -0.2) is 11.8 Å². The van der Waals surface area contributed by atoms with Gasteiger partial charge in [0.25, 0.3) is 5.91 Å². The Morgan fingerprint density at radius 2 is 1.88 bits per heavy atom. The molecule has 2 amide bonds. The van der Waals surface area contributed by atoms with Crippen molar-refractivity contribution in [2.24, 2.45) is 5.73 Å². The summed E-state index contributed by atoms with van der Waals surface area (Å²) in [6, 6.07) is 14.1. The summed E-state index contributed by atoms with van der Waals surface area (Å²) in [7, 11) is 0. The van der Waals surface area contributed by atoms with E-state index < -0.39 is 11.8 Å². The lowest BCUT2D eigenvalue weighted by molar-refractivity contribution is -0.112. The number of carbonyl (C=O) groups excluding carboxylic acids is 2. The molecule has 0 bridgehead atoms. The molecule has 6 nitrogen and oxygen atoms in total. The molecule has 132 valence electrons. The van der Waals surface area contributed by atoms with Gasteiger partial charge in [0.05, 0.1) is 0 Å². The second-order valence-electron chi connectivity index (χ2n) is 5.67. The first-order valence-corrected chi connectivity index (χ1v) is 8.12. The summed E-state index contributed by atoms with van der Waals surface area (Å²) in [5, 5.41) is 15.0. The molecule has 0 aromatic heterocycles. The first kappa shape index (κ1) is 18.7. The topological polar surface area (TPSA) is 108 Å². The van der Waals surface area contributed by atoms with E-state index in [1.807, 2.05) is 38.1 Å². The molecule has 6 heteroatoms. The molecule has 4 N–H and O–H groups in total. The Morgan fingerprint density at radius 1 is 1.19 bits per heavy atom. The number of nitrogens with one attached hydrogen (secondary N) is 2. The zero-order valence-corrected chi connectivity index (χ0v) is 14.7. The number of anilines is 2. The van der Waals surface area contributed by atoms with Crippen LogP contribution in [0.2, 0.25) is 0 Å². The smallest absolute Gasteiger partial charge is 0.267 e. The van der Waals surface area contributed by atoms with E-state index in [9.17, 15) is 14.9 Å². The van der Waals surface area contributed by atoms with Crippen molar-refractivity contribution in [2.45, 2.75) is 20.3 Å². The second-order valence-corrected chi connectivity index (χ2v) is 5.67. The summed E-state index contributed by atoms with van der Waals surface area (Å²) in [5.74, 6) is -1.01. The summed E-state index contributed by atoms with van der Waals surface area (Å²) in [5.41, 5.74) is 8.80. The van der Waals surface area contributed by atoms with Crippen LogP contribution in [0.5, 0.6) is 0 Å². The minimum absolute atomic E-state index is 0.0608. The number of nitrogens with zero attached hydrogens (tertiary/aromatic N) is 1. The number of nitrogens with two attached hydrogens (primary N) is 1. The fourth-order valence-corrected chi connectivity index (χ4v) is 2.42. The van der Waals surface area contributed by atoms with Crippen LogP contribution < -0.4 is 16.4 Å². The van der Waals surface area contributed by atoms with E-state index in [1.54, 1.807) is 24.3 Å². The van der Waals surface area contributed by atoms with E-state index in [0.717, 1.165) is 23.2 Å². The van der Waals surface area contributed by atoms with Gasteiger partial charge >= 0.3 is 0 Å². The molecule has 0 unspecified atom stereocenters. The van der Waals surface area contributed by atoms with Gasteiger partial charge in [-0.05, 0) is 48.7 Å². The molecular formula is C20H20N4O2. The minimum atomic E-state index is -0.519. The average molecular weight is 348 g/mol. The molecule has 2 aromatic rings. The summed E-state index contributed by atoms with van der Waals surface area (Å²) in [6.45, 7) is 3.91. The van der Waals surface area contributed by atoms with Crippen molar-refractivity contribution in [3.63, 3.8) is 0 Å². The number of amides is 2. The molecule has 2 aromatic carbocycles. The number of rotatable bonds is 6. The quantitative estimate of drug-likeness (QED) is 0.550. The van der Waals surface area contributed by atoms with E-state index in [-0.39, 0.29) is 5.57 Å². The number of carbonyl (C=O) groups is 2. The number of hydrogen-bond donors (Lipinski definition) is 3. The largest absolute Gasteiger partial charge is 0.366 e. The number of nitriles is 1. The van der Waals surface area contributed by atoms with E-state index in [2.05, 4.69) is 10.6 Å². The number of hydrogen-bond acceptors (Lipinski definition) is 4. The number of benzene rings is 2. The van der Waals surface area contributed by atoms with Gasteiger partial charge in [0.2, 0.25) is 5.91 Å². The maximum atomic E-state index is 12.4. The first-order chi connectivity index (χ1) is 12.5. The van der Waals surface area contributed by atoms with Gasteiger partial charge in [-0.3, -0.25) is 9.59 Å². The Labute approximate surface area is 152 Å². The summed E-state index contributed by atoms with van der Waals surface area (Å²) in [6.07, 6.45) is 2.10. The molecule has 0 saturated carbocycles. The third-order valence-electron chi connectivity index (χ3n) is 3.90. The minimum Gasteiger partial charge on any atom is -0.366 e. The highest BCUT2D eigenvalue weighted by atomic mass is 16.2. The lowest BCUT2D eigenvalue weighted by atomic mass is 10.1. The highest BCUT2D eigenvalue weighted by Gasteiger charge is 2.13. The fourth-order valence-electron chi connectivity index (χ4n) is 2.42. The predicted octanol–water partition coefficient (Wildman–Crippen LogP) is 3.11. The van der Waals surface area contributed by atoms with Crippen LogP contribution in [0, 0.1) is 18.3 Å². The van der Waals surface area contributed by atoms with Crippen molar-refractivity contribution in [3.8, 4) is 6.07 Å². The van der Waals surface area contributed by atoms with Gasteiger partial charge in [0.15, 0.2) is 0 Å². The highest BCUT2D eigenvalue weighted by molar-refractivity contribution is 6.07. The SMILES string of the molecule is CCc1cccc(C)c1NC(=O)/C(C#N)=C\Nc1ccc(C(N)=O)cc1. The van der Waals surface area contributed by atoms with Crippen LogP contribution in [0.25, 0.3) is 0 Å². The number of aryl methyl sites for hydroxylation is 2. The molecule has 2 rings (SSSR count). The molecule has 26 heavy (non-hydrogen) atoms. The maximum absolute atomic E-state index is 12.4. The Morgan fingerprint density at radius 3 is 2.46 bits per heavy atom. The predicted molar refractivity (Wildman–Crippen MR) is 101 cm³/mol. The van der Waals surface area contributed by atoms with Crippen LogP contribution in [0.15, 0.2) is 54.2 Å². The molecule has 0 atom stereocenters. The van der Waals surface area contributed by atoms with Crippen LogP contribution in [0.3, 0.4) is 0 Å². The zero-order chi connectivity index (χ0) is 19.1. The van der Waals surface area contributed by atoms with E-state index >= 15 is 0 Å². The van der Waals surface area contributed by atoms with E-state index in [0.29, 0.717) is 11.3 Å². The summed E-state index contributed by atoms with van der Waals surface area (Å²) >= 11 is 0. The number of primary amides is 1. The first-order valence-electron chi connectivity index (χ1n) is 8.12. The van der Waals surface area contributed by atoms with Crippen LogP contribution in [-0.2, 0) is 11.2 Å². The Bertz CT molecular complexity index is 893. The van der Waals surface area contributed by atoms with Crippen molar-refractivity contribution >= 4 is 23.2 Å². The van der Waals surface area contributed by atoms with Gasteiger partial charge in [0.1, 0.15) is 11.6 Å². The van der Waals surface area contributed by atoms with Crippen LogP contribution in [0.1, 0.15) is 28.4 Å². The van der Waals surface area contributed by atoms with Crippen LogP contribution >= 0.6 is 0 Å². The molecule has 0 aliphatic rings. The highest BCUT2D eigenvalue weighted by Crippen LogP contribution is 2.21. The monoisotopic (exact) mass is 348 g/mol. The third kappa shape index (κ3) is 4.48. The van der Waals surface area contributed by atoms with Gasteiger partial charge in [0, 0.05) is 23.1 Å². The van der Waals surface area contributed by atoms with Gasteiger partial charge in [-0.25, -0.2) is 0 Å². The molecule has 0 fully saturated rings. The normalized spacial score (nSPS) is 10.7. The van der Waals surface area contributed by atoms with Gasteiger partial charge < -0.3 is 16.4 Å². The van der Waals surface area contributed by atoms with E-state index in [1.165, 1.54) is 6.20 Å². The van der Waals surface area contributed by atoms with E-state index in [4.69, 9.17) is 5.73 Å². The zero-order valence-electron chi connectivity index (χ0n) is 14.7. The molecular weight excluding hydrogens is 328 g/mol. The molecule has 0 heterocycles. The summed E-state index contributed by atoms with van der Waals surface area (Å²) in [4.78, 5) is 23.5. The third-order valence-corrected chi connectivity index (χ3v) is 3.90. The van der Waals surface area contributed by atoms with Gasteiger partial charge in [-0.2, -0.15) is 5.26 Å². The van der Waals surface area contributed by atoms with Gasteiger partial charge in [-0.15, -0.1) is 0 Å². The standard InChI is InChI=1S/C20H20N4O2/c1-3-14-6-4-5-13(2)18(14)24-20(26)16(11-21)12-23-17-9-7-15(8-10-17)19(22)25/h4-10,12,23H,3H2,1-2H3,(H2,22,25)(H,24,26)/b16-12-. The average Bonchev–Trinajstić information content (AvgIpc) is 2.64.